The highest BCUT2D eigenvalue weighted by molar-refractivity contribution is 5.98. The molecule has 0 aliphatic carbocycles. The number of benzene rings is 1. The summed E-state index contributed by atoms with van der Waals surface area (Å²) in [7, 11) is 0. The third kappa shape index (κ3) is 6.53. The second-order valence-electron chi connectivity index (χ2n) is 8.24. The van der Waals surface area contributed by atoms with Crippen LogP contribution in [0.15, 0.2) is 24.3 Å². The van der Waals surface area contributed by atoms with Gasteiger partial charge in [-0.05, 0) is 38.1 Å². The molecule has 2 N–H and O–H groups in total. The number of nitrogens with zero attached hydrogens (tertiary/aromatic N) is 3. The van der Waals surface area contributed by atoms with E-state index in [2.05, 4.69) is 10.6 Å². The first kappa shape index (κ1) is 25.2. The fraction of sp³-hybridized carbons (Fsp3) is 0.522. The Morgan fingerprint density at radius 1 is 1.06 bits per heavy atom. The number of Topliss-reactive ketones (excluding diaryl/α,β-unsaturated/α-hetero) is 1. The third-order valence-corrected chi connectivity index (χ3v) is 5.86. The first-order valence-electron chi connectivity index (χ1n) is 11.4. The van der Waals surface area contributed by atoms with Crippen molar-refractivity contribution in [2.75, 3.05) is 57.7 Å². The first-order chi connectivity index (χ1) is 16.3. The Kier molecular flexibility index (Phi) is 8.58. The highest BCUT2D eigenvalue weighted by atomic mass is 16.6. The lowest BCUT2D eigenvalue weighted by Crippen LogP contribution is -2.60. The molecular formula is C23H31N5O6. The topological polar surface area (TPSA) is 128 Å². The Morgan fingerprint density at radius 2 is 1.74 bits per heavy atom. The van der Waals surface area contributed by atoms with Crippen LogP contribution in [0.1, 0.15) is 30.6 Å². The molecule has 1 aromatic carbocycles. The van der Waals surface area contributed by atoms with Crippen LogP contribution < -0.4 is 10.6 Å². The zero-order valence-corrected chi connectivity index (χ0v) is 19.5. The maximum Gasteiger partial charge on any atom is 0.409 e. The molecule has 0 aromatic heterocycles. The summed E-state index contributed by atoms with van der Waals surface area (Å²) in [6, 6.07) is 5.56. The summed E-state index contributed by atoms with van der Waals surface area (Å²) in [4.78, 5) is 66.3. The van der Waals surface area contributed by atoms with Crippen molar-refractivity contribution in [1.29, 1.82) is 0 Å². The molecular weight excluding hydrogens is 442 g/mol. The van der Waals surface area contributed by atoms with Crippen molar-refractivity contribution in [3.8, 4) is 0 Å². The van der Waals surface area contributed by atoms with Gasteiger partial charge in [-0.2, -0.15) is 0 Å². The number of carbonyl (C=O) groups is 5. The number of ether oxygens (including phenoxy) is 1. The number of ketones is 1. The molecule has 2 aliphatic rings. The van der Waals surface area contributed by atoms with Crippen molar-refractivity contribution >= 4 is 35.3 Å². The largest absolute Gasteiger partial charge is 0.450 e. The second kappa shape index (κ2) is 11.6. The van der Waals surface area contributed by atoms with E-state index >= 15 is 0 Å². The number of amides is 4. The van der Waals surface area contributed by atoms with Crippen LogP contribution in [0.2, 0.25) is 0 Å². The minimum absolute atomic E-state index is 0.0757. The van der Waals surface area contributed by atoms with Crippen LogP contribution in [-0.4, -0.2) is 103 Å². The van der Waals surface area contributed by atoms with E-state index in [-0.39, 0.29) is 36.7 Å². The summed E-state index contributed by atoms with van der Waals surface area (Å²) in [5.41, 5.74) is 1.04. The average molecular weight is 474 g/mol. The van der Waals surface area contributed by atoms with E-state index in [4.69, 9.17) is 4.74 Å². The monoisotopic (exact) mass is 473 g/mol. The van der Waals surface area contributed by atoms with Gasteiger partial charge in [-0.3, -0.25) is 24.1 Å². The van der Waals surface area contributed by atoms with Crippen LogP contribution in [0.25, 0.3) is 0 Å². The fourth-order valence-corrected chi connectivity index (χ4v) is 3.98. The van der Waals surface area contributed by atoms with E-state index in [1.807, 2.05) is 4.90 Å². The number of rotatable bonds is 7. The summed E-state index contributed by atoms with van der Waals surface area (Å²) < 4.78 is 5.01. The third-order valence-electron chi connectivity index (χ3n) is 5.86. The summed E-state index contributed by atoms with van der Waals surface area (Å²) in [6.45, 7) is 6.23. The molecule has 0 bridgehead atoms. The van der Waals surface area contributed by atoms with E-state index in [0.29, 0.717) is 57.1 Å². The highest BCUT2D eigenvalue weighted by Crippen LogP contribution is 2.15. The van der Waals surface area contributed by atoms with Crippen molar-refractivity contribution < 1.29 is 28.7 Å². The van der Waals surface area contributed by atoms with Gasteiger partial charge in [0.1, 0.15) is 6.04 Å². The van der Waals surface area contributed by atoms with Gasteiger partial charge in [-0.1, -0.05) is 0 Å². The molecule has 0 saturated carbocycles. The molecule has 1 atom stereocenters. The lowest BCUT2D eigenvalue weighted by Gasteiger charge is -2.38. The number of hydrogen-bond donors (Lipinski definition) is 2. The molecule has 2 saturated heterocycles. The van der Waals surface area contributed by atoms with Gasteiger partial charge in [0, 0.05) is 50.5 Å². The minimum Gasteiger partial charge on any atom is -0.450 e. The van der Waals surface area contributed by atoms with E-state index in [9.17, 15) is 24.0 Å². The van der Waals surface area contributed by atoms with Crippen molar-refractivity contribution in [2.45, 2.75) is 26.3 Å². The Labute approximate surface area is 198 Å². The molecule has 0 unspecified atom stereocenters. The summed E-state index contributed by atoms with van der Waals surface area (Å²) >= 11 is 0. The predicted octanol–water partition coefficient (Wildman–Crippen LogP) is 0.319. The van der Waals surface area contributed by atoms with Crippen LogP contribution >= 0.6 is 0 Å². The first-order valence-corrected chi connectivity index (χ1v) is 11.4. The van der Waals surface area contributed by atoms with Gasteiger partial charge >= 0.3 is 6.09 Å². The zero-order chi connectivity index (χ0) is 24.7. The molecule has 11 heteroatoms. The predicted molar refractivity (Wildman–Crippen MR) is 123 cm³/mol. The molecule has 0 radical (unpaired) electrons. The SMILES string of the molecule is CCOC(=O)N1CCN(CC(=O)N2CCNC(=O)[C@@H]2CC(=O)Nc2ccc(C(C)=O)cc2)CC1. The molecule has 34 heavy (non-hydrogen) atoms. The van der Waals surface area contributed by atoms with E-state index in [1.54, 1.807) is 36.1 Å². The molecule has 2 fully saturated rings. The lowest BCUT2D eigenvalue weighted by atomic mass is 10.1. The Balaban J connectivity index is 1.55. The average Bonchev–Trinajstić information content (AvgIpc) is 2.81. The van der Waals surface area contributed by atoms with Crippen LogP contribution in [0, 0.1) is 0 Å². The van der Waals surface area contributed by atoms with Crippen molar-refractivity contribution in [3.63, 3.8) is 0 Å². The van der Waals surface area contributed by atoms with Gasteiger partial charge in [0.05, 0.1) is 19.6 Å². The smallest absolute Gasteiger partial charge is 0.409 e. The van der Waals surface area contributed by atoms with Gasteiger partial charge in [0.25, 0.3) is 0 Å². The summed E-state index contributed by atoms with van der Waals surface area (Å²) in [6.07, 6.45) is -0.536. The molecule has 184 valence electrons. The summed E-state index contributed by atoms with van der Waals surface area (Å²) in [5.74, 6) is -1.08. The van der Waals surface area contributed by atoms with Gasteiger partial charge in [-0.25, -0.2) is 4.79 Å². The van der Waals surface area contributed by atoms with E-state index < -0.39 is 11.9 Å². The Morgan fingerprint density at radius 3 is 2.35 bits per heavy atom. The van der Waals surface area contributed by atoms with Crippen LogP contribution in [0.4, 0.5) is 10.5 Å². The highest BCUT2D eigenvalue weighted by Gasteiger charge is 2.35. The van der Waals surface area contributed by atoms with Gasteiger partial charge in [-0.15, -0.1) is 0 Å². The molecule has 4 amide bonds. The zero-order valence-electron chi connectivity index (χ0n) is 19.5. The number of hydrogen-bond acceptors (Lipinski definition) is 7. The van der Waals surface area contributed by atoms with Gasteiger partial charge in [0.15, 0.2) is 5.78 Å². The molecule has 0 spiro atoms. The standard InChI is InChI=1S/C23H31N5O6/c1-3-34-23(33)27-12-10-26(11-13-27)15-21(31)28-9-8-24-22(32)19(28)14-20(30)25-18-6-4-17(5-7-18)16(2)29/h4-7,19H,3,8-15H2,1-2H3,(H,24,32)(H,25,30)/t19-/m0/s1. The number of carbonyl (C=O) groups excluding carboxylic acids is 5. The van der Waals surface area contributed by atoms with Gasteiger partial charge in [0.2, 0.25) is 17.7 Å². The quantitative estimate of drug-likeness (QED) is 0.546. The normalized spacial score (nSPS) is 18.8. The van der Waals surface area contributed by atoms with Crippen LogP contribution in [0.3, 0.4) is 0 Å². The van der Waals surface area contributed by atoms with Crippen molar-refractivity contribution in [1.82, 2.24) is 20.0 Å². The minimum atomic E-state index is -0.904. The number of piperazine rings is 2. The molecule has 11 nitrogen and oxygen atoms in total. The lowest BCUT2D eigenvalue weighted by molar-refractivity contribution is -0.145. The van der Waals surface area contributed by atoms with Crippen LogP contribution in [0.5, 0.6) is 0 Å². The molecule has 2 heterocycles. The Bertz CT molecular complexity index is 926. The second-order valence-corrected chi connectivity index (χ2v) is 8.24. The van der Waals surface area contributed by atoms with Gasteiger partial charge < -0.3 is 25.2 Å². The fourth-order valence-electron chi connectivity index (χ4n) is 3.98. The maximum absolute atomic E-state index is 13.0. The molecule has 1 aromatic rings. The Hall–Kier alpha value is -3.47. The van der Waals surface area contributed by atoms with Crippen LogP contribution in [-0.2, 0) is 19.1 Å². The van der Waals surface area contributed by atoms with Crippen molar-refractivity contribution in [3.05, 3.63) is 29.8 Å². The van der Waals surface area contributed by atoms with Crippen molar-refractivity contribution in [2.24, 2.45) is 0 Å². The van der Waals surface area contributed by atoms with E-state index in [1.165, 1.54) is 11.8 Å². The molecule has 2 aliphatic heterocycles. The molecule has 3 rings (SSSR count). The maximum atomic E-state index is 13.0. The van der Waals surface area contributed by atoms with E-state index in [0.717, 1.165) is 0 Å². The number of nitrogens with one attached hydrogen (secondary N) is 2. The summed E-state index contributed by atoms with van der Waals surface area (Å²) in [5, 5.41) is 5.43. The number of anilines is 1.